The number of nitrogens with zero attached hydrogens (tertiary/aromatic N) is 1. The first-order valence-electron chi connectivity index (χ1n) is 7.73. The molecule has 0 radical (unpaired) electrons. The zero-order chi connectivity index (χ0) is 16.2. The Morgan fingerprint density at radius 3 is 2.17 bits per heavy atom. The van der Waals surface area contributed by atoms with Crippen LogP contribution in [0.1, 0.15) is 13.8 Å². The van der Waals surface area contributed by atoms with Gasteiger partial charge in [-0.25, -0.2) is 0 Å². The lowest BCUT2D eigenvalue weighted by atomic mass is 10.1. The van der Waals surface area contributed by atoms with Gasteiger partial charge in [0.1, 0.15) is 0 Å². The van der Waals surface area contributed by atoms with Gasteiger partial charge in [-0.3, -0.25) is 4.21 Å². The molecule has 0 spiro atoms. The van der Waals surface area contributed by atoms with E-state index in [4.69, 9.17) is 0 Å². The van der Waals surface area contributed by atoms with Gasteiger partial charge in [0.2, 0.25) is 5.69 Å². The molecule has 0 aliphatic rings. The van der Waals surface area contributed by atoms with E-state index in [2.05, 4.69) is 47.3 Å². The Morgan fingerprint density at radius 1 is 0.826 bits per heavy atom. The third-order valence-electron chi connectivity index (χ3n) is 3.71. The molecule has 1 unspecified atom stereocenters. The zero-order valence-electron chi connectivity index (χ0n) is 13.3. The van der Waals surface area contributed by atoms with Gasteiger partial charge in [0.25, 0.3) is 0 Å². The molecule has 0 aliphatic heterocycles. The van der Waals surface area contributed by atoms with Crippen molar-refractivity contribution in [3.05, 3.63) is 79.1 Å². The third-order valence-corrected chi connectivity index (χ3v) is 5.29. The molecule has 0 aliphatic carbocycles. The first kappa shape index (κ1) is 15.6. The highest BCUT2D eigenvalue weighted by Gasteiger charge is 2.10. The van der Waals surface area contributed by atoms with Crippen LogP contribution in [0.2, 0.25) is 0 Å². The molecule has 1 aromatic heterocycles. The van der Waals surface area contributed by atoms with Crippen molar-refractivity contribution in [1.29, 1.82) is 0 Å². The predicted octanol–water partition coefficient (Wildman–Crippen LogP) is 4.15. The monoisotopic (exact) mass is 322 g/mol. The van der Waals surface area contributed by atoms with Gasteiger partial charge >= 0.3 is 0 Å². The molecule has 3 heteroatoms. The highest BCUT2D eigenvalue weighted by Crippen LogP contribution is 2.22. The number of aromatic nitrogens is 1. The van der Waals surface area contributed by atoms with Crippen LogP contribution >= 0.6 is 0 Å². The van der Waals surface area contributed by atoms with E-state index < -0.39 is 10.8 Å². The number of benzene rings is 2. The van der Waals surface area contributed by atoms with Crippen molar-refractivity contribution in [1.82, 2.24) is 0 Å². The summed E-state index contributed by atoms with van der Waals surface area (Å²) in [6.07, 6.45) is 4.10. The van der Waals surface area contributed by atoms with Crippen LogP contribution in [0, 0.1) is 0 Å². The highest BCUT2D eigenvalue weighted by molar-refractivity contribution is 7.85. The molecule has 1 heterocycles. The fraction of sp³-hybridized carbons (Fsp3) is 0.150. The molecule has 3 aromatic rings. The highest BCUT2D eigenvalue weighted by atomic mass is 32.2. The van der Waals surface area contributed by atoms with Crippen LogP contribution in [0.25, 0.3) is 16.8 Å². The summed E-state index contributed by atoms with van der Waals surface area (Å²) < 4.78 is 14.4. The van der Waals surface area contributed by atoms with Crippen molar-refractivity contribution in [3.63, 3.8) is 0 Å². The summed E-state index contributed by atoms with van der Waals surface area (Å²) in [6, 6.07) is 22.4. The molecule has 0 saturated carbocycles. The minimum Gasteiger partial charge on any atom is -0.254 e. The normalized spacial score (nSPS) is 12.3. The maximum Gasteiger partial charge on any atom is 0.210 e. The molecule has 1 atom stereocenters. The average Bonchev–Trinajstić information content (AvgIpc) is 2.62. The average molecular weight is 322 g/mol. The maximum atomic E-state index is 12.3. The molecule has 2 nitrogen and oxygen atoms in total. The topological polar surface area (TPSA) is 20.9 Å². The van der Waals surface area contributed by atoms with Crippen molar-refractivity contribution >= 4 is 10.8 Å². The van der Waals surface area contributed by atoms with Gasteiger partial charge in [0, 0.05) is 34.4 Å². The molecule has 0 N–H and O–H groups in total. The summed E-state index contributed by atoms with van der Waals surface area (Å²) in [5.74, 6) is 0. The van der Waals surface area contributed by atoms with E-state index in [1.165, 1.54) is 0 Å². The molecular weight excluding hydrogens is 302 g/mol. The second-order valence-electron chi connectivity index (χ2n) is 5.70. The Bertz CT molecular complexity index is 811. The minimum atomic E-state index is -0.958. The zero-order valence-corrected chi connectivity index (χ0v) is 14.2. The van der Waals surface area contributed by atoms with Gasteiger partial charge in [0.15, 0.2) is 12.4 Å². The van der Waals surface area contributed by atoms with E-state index in [9.17, 15) is 4.21 Å². The maximum absolute atomic E-state index is 12.3. The lowest BCUT2D eigenvalue weighted by molar-refractivity contribution is -0.595. The number of rotatable bonds is 4. The van der Waals surface area contributed by atoms with Crippen molar-refractivity contribution in [2.24, 2.45) is 0 Å². The van der Waals surface area contributed by atoms with Gasteiger partial charge in [-0.1, -0.05) is 44.2 Å². The second-order valence-corrected chi connectivity index (χ2v) is 7.71. The summed E-state index contributed by atoms with van der Waals surface area (Å²) >= 11 is 0. The van der Waals surface area contributed by atoms with Crippen LogP contribution in [0.3, 0.4) is 0 Å². The fourth-order valence-corrected chi connectivity index (χ4v) is 3.46. The molecule has 0 amide bonds. The van der Waals surface area contributed by atoms with E-state index >= 15 is 0 Å². The van der Waals surface area contributed by atoms with E-state index in [-0.39, 0.29) is 5.25 Å². The van der Waals surface area contributed by atoms with Crippen LogP contribution in [0.5, 0.6) is 0 Å². The molecule has 0 bridgehead atoms. The van der Waals surface area contributed by atoms with Crippen LogP contribution in [-0.2, 0) is 10.8 Å². The van der Waals surface area contributed by atoms with Crippen LogP contribution in [0.4, 0.5) is 0 Å². The summed E-state index contributed by atoms with van der Waals surface area (Å²) in [5.41, 5.74) is 3.35. The van der Waals surface area contributed by atoms with E-state index in [0.717, 1.165) is 21.7 Å². The molecular formula is C20H20NOS+. The van der Waals surface area contributed by atoms with Gasteiger partial charge in [-0.2, -0.15) is 4.57 Å². The lowest BCUT2D eigenvalue weighted by Gasteiger charge is -2.07. The first-order chi connectivity index (χ1) is 11.1. The second kappa shape index (κ2) is 6.88. The quantitative estimate of drug-likeness (QED) is 0.661. The SMILES string of the molecule is CC(C)S(=O)c1cccc(-c2cc[n+](-c3ccccc3)cc2)c1. The van der Waals surface area contributed by atoms with Crippen molar-refractivity contribution < 1.29 is 8.78 Å². The number of pyridine rings is 1. The minimum absolute atomic E-state index is 0.126. The Balaban J connectivity index is 1.91. The van der Waals surface area contributed by atoms with Crippen molar-refractivity contribution in [3.8, 4) is 16.8 Å². The number of hydrogen-bond donors (Lipinski definition) is 0. The van der Waals surface area contributed by atoms with Gasteiger partial charge in [-0.15, -0.1) is 0 Å². The smallest absolute Gasteiger partial charge is 0.210 e. The largest absolute Gasteiger partial charge is 0.254 e. The van der Waals surface area contributed by atoms with Crippen LogP contribution < -0.4 is 4.57 Å². The van der Waals surface area contributed by atoms with E-state index in [0.29, 0.717) is 0 Å². The lowest BCUT2D eigenvalue weighted by Crippen LogP contribution is -2.28. The van der Waals surface area contributed by atoms with E-state index in [1.807, 2.05) is 50.2 Å². The molecule has 3 rings (SSSR count). The Labute approximate surface area is 139 Å². The van der Waals surface area contributed by atoms with E-state index in [1.54, 1.807) is 0 Å². The first-order valence-corrected chi connectivity index (χ1v) is 8.94. The summed E-state index contributed by atoms with van der Waals surface area (Å²) in [6.45, 7) is 3.96. The summed E-state index contributed by atoms with van der Waals surface area (Å²) in [7, 11) is -0.958. The predicted molar refractivity (Wildman–Crippen MR) is 95.0 cm³/mol. The molecule has 0 fully saturated rings. The van der Waals surface area contributed by atoms with Crippen molar-refractivity contribution in [2.75, 3.05) is 0 Å². The third kappa shape index (κ3) is 3.57. The number of para-hydroxylation sites is 1. The Kier molecular flexibility index (Phi) is 4.68. The van der Waals surface area contributed by atoms with Crippen molar-refractivity contribution in [2.45, 2.75) is 24.0 Å². The van der Waals surface area contributed by atoms with Gasteiger partial charge in [-0.05, 0) is 23.3 Å². The molecule has 2 aromatic carbocycles. The fourth-order valence-electron chi connectivity index (χ4n) is 2.46. The van der Waals surface area contributed by atoms with Crippen LogP contribution in [0.15, 0.2) is 84.0 Å². The Morgan fingerprint density at radius 2 is 1.52 bits per heavy atom. The standard InChI is InChI=1S/C20H20NOS/c1-16(2)23(22)20-10-6-7-18(15-20)17-11-13-21(14-12-17)19-8-4-3-5-9-19/h3-16H,1-2H3/q+1. The van der Waals surface area contributed by atoms with Gasteiger partial charge in [0.05, 0.1) is 10.8 Å². The number of hydrogen-bond acceptors (Lipinski definition) is 1. The molecule has 23 heavy (non-hydrogen) atoms. The molecule has 116 valence electrons. The summed E-state index contributed by atoms with van der Waals surface area (Å²) in [5, 5.41) is 0.126. The van der Waals surface area contributed by atoms with Crippen LogP contribution in [-0.4, -0.2) is 9.46 Å². The Hall–Kier alpha value is -2.26. The molecule has 0 saturated heterocycles. The van der Waals surface area contributed by atoms with Gasteiger partial charge < -0.3 is 0 Å². The summed E-state index contributed by atoms with van der Waals surface area (Å²) in [4.78, 5) is 0.886.